The van der Waals surface area contributed by atoms with Crippen molar-refractivity contribution in [1.29, 1.82) is 0 Å². The molecule has 2 unspecified atom stereocenters. The number of morpholine rings is 1. The molecule has 2 aliphatic heterocycles. The van der Waals surface area contributed by atoms with E-state index in [1.165, 1.54) is 0 Å². The first-order valence-electron chi connectivity index (χ1n) is 6.04. The van der Waals surface area contributed by atoms with Crippen LogP contribution >= 0.6 is 0 Å². The minimum absolute atomic E-state index is 0.0288. The maximum absolute atomic E-state index is 12.0. The molecule has 0 spiro atoms. The van der Waals surface area contributed by atoms with E-state index < -0.39 is 6.10 Å². The van der Waals surface area contributed by atoms with E-state index in [-0.39, 0.29) is 12.0 Å². The minimum atomic E-state index is -0.453. The number of ether oxygens (including phenoxy) is 3. The van der Waals surface area contributed by atoms with Gasteiger partial charge in [-0.2, -0.15) is 0 Å². The van der Waals surface area contributed by atoms with Gasteiger partial charge in [-0.25, -0.2) is 0 Å². The predicted octanol–water partition coefficient (Wildman–Crippen LogP) is -1.15. The molecule has 0 saturated carbocycles. The number of nitrogens with zero attached hydrogens (tertiary/aromatic N) is 1. The normalized spacial score (nSPS) is 29.9. The molecule has 1 amide bonds. The second-order valence-electron chi connectivity index (χ2n) is 4.35. The van der Waals surface area contributed by atoms with Gasteiger partial charge in [0.2, 0.25) is 0 Å². The fourth-order valence-corrected chi connectivity index (χ4v) is 2.01. The van der Waals surface area contributed by atoms with E-state index in [4.69, 9.17) is 14.2 Å². The number of likely N-dealkylation sites (N-methyl/N-ethyl adjacent to an activating group) is 1. The zero-order chi connectivity index (χ0) is 12.1. The number of amides is 1. The molecule has 6 heteroatoms. The number of carbonyl (C=O) groups is 1. The Kier molecular flexibility index (Phi) is 4.73. The Hall–Kier alpha value is -0.690. The molecule has 0 bridgehead atoms. The van der Waals surface area contributed by atoms with Crippen LogP contribution in [0.3, 0.4) is 0 Å². The number of nitrogens with one attached hydrogen (secondary N) is 1. The molecule has 2 rings (SSSR count). The van der Waals surface area contributed by atoms with Crippen LogP contribution in [0.15, 0.2) is 0 Å². The van der Waals surface area contributed by atoms with E-state index in [1.807, 2.05) is 0 Å². The molecule has 6 nitrogen and oxygen atoms in total. The number of hydrogen-bond acceptors (Lipinski definition) is 5. The van der Waals surface area contributed by atoms with Crippen LogP contribution in [0.5, 0.6) is 0 Å². The largest absolute Gasteiger partial charge is 0.376 e. The molecule has 0 aliphatic carbocycles. The Labute approximate surface area is 101 Å². The molecule has 0 aromatic carbocycles. The van der Waals surface area contributed by atoms with Crippen LogP contribution in [0, 0.1) is 0 Å². The molecular weight excluding hydrogens is 224 g/mol. The second-order valence-corrected chi connectivity index (χ2v) is 4.35. The lowest BCUT2D eigenvalue weighted by Gasteiger charge is -2.31. The van der Waals surface area contributed by atoms with Gasteiger partial charge in [0, 0.05) is 26.7 Å². The molecule has 2 aliphatic rings. The summed E-state index contributed by atoms with van der Waals surface area (Å²) in [5.74, 6) is -0.0288. The van der Waals surface area contributed by atoms with Crippen molar-refractivity contribution in [1.82, 2.24) is 10.2 Å². The van der Waals surface area contributed by atoms with Crippen molar-refractivity contribution < 1.29 is 19.0 Å². The summed E-state index contributed by atoms with van der Waals surface area (Å²) in [4.78, 5) is 13.7. The van der Waals surface area contributed by atoms with E-state index in [1.54, 1.807) is 11.9 Å². The van der Waals surface area contributed by atoms with Gasteiger partial charge in [-0.1, -0.05) is 0 Å². The van der Waals surface area contributed by atoms with Gasteiger partial charge in [-0.05, 0) is 0 Å². The van der Waals surface area contributed by atoms with Crippen molar-refractivity contribution in [2.75, 3.05) is 53.1 Å². The average Bonchev–Trinajstić information content (AvgIpc) is 2.40. The SMILES string of the molecule is CN(CC1CNCCO1)C(=O)C1COCCO1. The first kappa shape index (κ1) is 12.8. The Bertz CT molecular complexity index is 250. The lowest BCUT2D eigenvalue weighted by molar-refractivity contribution is -0.158. The van der Waals surface area contributed by atoms with Crippen LogP contribution in [0.2, 0.25) is 0 Å². The van der Waals surface area contributed by atoms with Crippen LogP contribution in [-0.4, -0.2) is 76.1 Å². The van der Waals surface area contributed by atoms with Crippen LogP contribution < -0.4 is 5.32 Å². The molecule has 17 heavy (non-hydrogen) atoms. The Morgan fingerprint density at radius 1 is 1.35 bits per heavy atom. The van der Waals surface area contributed by atoms with E-state index >= 15 is 0 Å². The molecule has 98 valence electrons. The molecule has 2 fully saturated rings. The zero-order valence-electron chi connectivity index (χ0n) is 10.2. The molecule has 0 radical (unpaired) electrons. The summed E-state index contributed by atoms with van der Waals surface area (Å²) in [5.41, 5.74) is 0. The summed E-state index contributed by atoms with van der Waals surface area (Å²) in [7, 11) is 1.78. The van der Waals surface area contributed by atoms with Gasteiger partial charge >= 0.3 is 0 Å². The monoisotopic (exact) mass is 244 g/mol. The van der Waals surface area contributed by atoms with Gasteiger partial charge < -0.3 is 24.4 Å². The summed E-state index contributed by atoms with van der Waals surface area (Å²) < 4.78 is 16.2. The van der Waals surface area contributed by atoms with Crippen molar-refractivity contribution >= 4 is 5.91 Å². The van der Waals surface area contributed by atoms with Gasteiger partial charge in [-0.3, -0.25) is 4.79 Å². The van der Waals surface area contributed by atoms with E-state index in [2.05, 4.69) is 5.32 Å². The number of carbonyl (C=O) groups excluding carboxylic acids is 1. The molecule has 0 aromatic rings. The highest BCUT2D eigenvalue weighted by Crippen LogP contribution is 2.06. The maximum Gasteiger partial charge on any atom is 0.253 e. The summed E-state index contributed by atoms with van der Waals surface area (Å²) in [6.45, 7) is 4.39. The molecule has 2 heterocycles. The summed E-state index contributed by atoms with van der Waals surface area (Å²) in [5, 5.41) is 3.24. The topological polar surface area (TPSA) is 60.0 Å². The van der Waals surface area contributed by atoms with Crippen molar-refractivity contribution in [2.45, 2.75) is 12.2 Å². The highest BCUT2D eigenvalue weighted by atomic mass is 16.6. The Balaban J connectivity index is 1.77. The fourth-order valence-electron chi connectivity index (χ4n) is 2.01. The Morgan fingerprint density at radius 2 is 2.24 bits per heavy atom. The third-order valence-corrected chi connectivity index (χ3v) is 2.95. The molecular formula is C11H20N2O4. The van der Waals surface area contributed by atoms with Crippen LogP contribution in [0.25, 0.3) is 0 Å². The minimum Gasteiger partial charge on any atom is -0.376 e. The molecule has 2 saturated heterocycles. The predicted molar refractivity (Wildman–Crippen MR) is 60.8 cm³/mol. The lowest BCUT2D eigenvalue weighted by Crippen LogP contribution is -2.49. The van der Waals surface area contributed by atoms with Gasteiger partial charge in [0.1, 0.15) is 0 Å². The first-order chi connectivity index (χ1) is 8.27. The van der Waals surface area contributed by atoms with E-state index in [9.17, 15) is 4.79 Å². The summed E-state index contributed by atoms with van der Waals surface area (Å²) in [6.07, 6.45) is -0.382. The average molecular weight is 244 g/mol. The highest BCUT2D eigenvalue weighted by molar-refractivity contribution is 5.81. The van der Waals surface area contributed by atoms with Gasteiger partial charge in [0.25, 0.3) is 5.91 Å². The van der Waals surface area contributed by atoms with Crippen LogP contribution in [0.4, 0.5) is 0 Å². The van der Waals surface area contributed by atoms with Gasteiger partial charge in [-0.15, -0.1) is 0 Å². The van der Waals surface area contributed by atoms with Crippen molar-refractivity contribution in [2.24, 2.45) is 0 Å². The summed E-state index contributed by atoms with van der Waals surface area (Å²) in [6, 6.07) is 0. The lowest BCUT2D eigenvalue weighted by atomic mass is 10.2. The molecule has 2 atom stereocenters. The van der Waals surface area contributed by atoms with Crippen molar-refractivity contribution in [3.8, 4) is 0 Å². The van der Waals surface area contributed by atoms with E-state index in [0.717, 1.165) is 13.1 Å². The molecule has 0 aromatic heterocycles. The number of rotatable bonds is 3. The summed E-state index contributed by atoms with van der Waals surface area (Å²) >= 11 is 0. The third-order valence-electron chi connectivity index (χ3n) is 2.95. The fraction of sp³-hybridized carbons (Fsp3) is 0.909. The smallest absolute Gasteiger partial charge is 0.253 e. The first-order valence-corrected chi connectivity index (χ1v) is 6.04. The van der Waals surface area contributed by atoms with Crippen LogP contribution in [0.1, 0.15) is 0 Å². The molecule has 1 N–H and O–H groups in total. The quantitative estimate of drug-likeness (QED) is 0.679. The standard InChI is InChI=1S/C11H20N2O4/c1-13(7-9-6-12-2-3-16-9)11(14)10-8-15-4-5-17-10/h9-10,12H,2-8H2,1H3. The second kappa shape index (κ2) is 6.30. The van der Waals surface area contributed by atoms with Crippen LogP contribution in [-0.2, 0) is 19.0 Å². The highest BCUT2D eigenvalue weighted by Gasteiger charge is 2.27. The van der Waals surface area contributed by atoms with Crippen molar-refractivity contribution in [3.63, 3.8) is 0 Å². The van der Waals surface area contributed by atoms with Crippen molar-refractivity contribution in [3.05, 3.63) is 0 Å². The third kappa shape index (κ3) is 3.64. The maximum atomic E-state index is 12.0. The van der Waals surface area contributed by atoms with E-state index in [0.29, 0.717) is 33.0 Å². The zero-order valence-corrected chi connectivity index (χ0v) is 10.2. The number of hydrogen-bond donors (Lipinski definition) is 1. The van der Waals surface area contributed by atoms with Gasteiger partial charge in [0.15, 0.2) is 6.10 Å². The van der Waals surface area contributed by atoms with Gasteiger partial charge in [0.05, 0.1) is 32.5 Å². The Morgan fingerprint density at radius 3 is 2.88 bits per heavy atom.